The molecule has 0 saturated heterocycles. The Morgan fingerprint density at radius 3 is 2.63 bits per heavy atom. The van der Waals surface area contributed by atoms with Gasteiger partial charge in [0, 0.05) is 32.9 Å². The lowest BCUT2D eigenvalue weighted by molar-refractivity contribution is 0.0662. The smallest absolute Gasteiger partial charge is 0.273 e. The average molecular weight is 375 g/mol. The molecule has 0 aliphatic heterocycles. The van der Waals surface area contributed by atoms with Gasteiger partial charge in [0.05, 0.1) is 19.8 Å². The van der Waals surface area contributed by atoms with Gasteiger partial charge in [0.1, 0.15) is 6.26 Å². The van der Waals surface area contributed by atoms with Gasteiger partial charge in [0.15, 0.2) is 5.69 Å². The van der Waals surface area contributed by atoms with Crippen LogP contribution >= 0.6 is 0 Å². The molecule has 0 aliphatic carbocycles. The van der Waals surface area contributed by atoms with Crippen LogP contribution in [0.15, 0.2) is 34.9 Å². The van der Waals surface area contributed by atoms with E-state index in [0.717, 1.165) is 5.56 Å². The van der Waals surface area contributed by atoms with Gasteiger partial charge in [-0.15, -0.1) is 0 Å². The molecule has 0 unspecified atom stereocenters. The van der Waals surface area contributed by atoms with Gasteiger partial charge < -0.3 is 24.1 Å². The van der Waals surface area contributed by atoms with Crippen LogP contribution in [0.1, 0.15) is 32.3 Å². The normalized spacial score (nSPS) is 10.6. The van der Waals surface area contributed by atoms with Gasteiger partial charge in [0.2, 0.25) is 5.89 Å². The maximum Gasteiger partial charge on any atom is 0.273 e. The number of carbonyl (C=O) groups is 2. The number of oxazole rings is 1. The lowest BCUT2D eigenvalue weighted by atomic mass is 10.1. The summed E-state index contributed by atoms with van der Waals surface area (Å²) in [6, 6.07) is 7.37. The summed E-state index contributed by atoms with van der Waals surface area (Å²) in [4.78, 5) is 30.7. The fourth-order valence-corrected chi connectivity index (χ4v) is 2.45. The van der Waals surface area contributed by atoms with Crippen molar-refractivity contribution in [2.75, 3.05) is 40.5 Å². The number of benzene rings is 1. The van der Waals surface area contributed by atoms with E-state index in [1.165, 1.54) is 6.26 Å². The highest BCUT2D eigenvalue weighted by atomic mass is 16.5. The number of nitrogens with zero attached hydrogens (tertiary/aromatic N) is 2. The first-order valence-corrected chi connectivity index (χ1v) is 8.62. The van der Waals surface area contributed by atoms with Gasteiger partial charge in [-0.25, -0.2) is 4.98 Å². The Labute approximate surface area is 158 Å². The number of hydrogen-bond acceptors (Lipinski definition) is 6. The van der Waals surface area contributed by atoms with E-state index < -0.39 is 0 Å². The van der Waals surface area contributed by atoms with Gasteiger partial charge in [-0.05, 0) is 18.6 Å². The van der Waals surface area contributed by atoms with E-state index in [0.29, 0.717) is 31.9 Å². The second kappa shape index (κ2) is 10.4. The standard InChI is InChI=1S/C19H25N3O5/c1-14-6-4-5-7-15(14)19(24)22(9-11-26-3)12-17-21-16(13-27-17)18(23)20-8-10-25-2/h4-7,13H,8-12H2,1-3H3,(H,20,23). The predicted molar refractivity (Wildman–Crippen MR) is 98.5 cm³/mol. The Morgan fingerprint density at radius 1 is 1.19 bits per heavy atom. The molecule has 0 spiro atoms. The van der Waals surface area contributed by atoms with Crippen LogP contribution < -0.4 is 5.32 Å². The maximum atomic E-state index is 12.9. The molecule has 1 aromatic heterocycles. The van der Waals surface area contributed by atoms with Gasteiger partial charge >= 0.3 is 0 Å². The van der Waals surface area contributed by atoms with E-state index in [-0.39, 0.29) is 29.9 Å². The molecule has 1 N–H and O–H groups in total. The quantitative estimate of drug-likeness (QED) is 0.635. The minimum atomic E-state index is -0.351. The summed E-state index contributed by atoms with van der Waals surface area (Å²) < 4.78 is 15.4. The lowest BCUT2D eigenvalue weighted by Gasteiger charge is -2.21. The largest absolute Gasteiger partial charge is 0.446 e. The van der Waals surface area contributed by atoms with Crippen molar-refractivity contribution in [3.8, 4) is 0 Å². The van der Waals surface area contributed by atoms with Gasteiger partial charge in [-0.2, -0.15) is 0 Å². The zero-order valence-corrected chi connectivity index (χ0v) is 15.9. The zero-order valence-electron chi connectivity index (χ0n) is 15.9. The number of aryl methyl sites for hydroxylation is 1. The lowest BCUT2D eigenvalue weighted by Crippen LogP contribution is -2.34. The third kappa shape index (κ3) is 5.90. The third-order valence-corrected chi connectivity index (χ3v) is 3.93. The number of carbonyl (C=O) groups excluding carboxylic acids is 2. The van der Waals surface area contributed by atoms with Crippen LogP contribution in [0.3, 0.4) is 0 Å². The summed E-state index contributed by atoms with van der Waals surface area (Å²) >= 11 is 0. The molecular weight excluding hydrogens is 350 g/mol. The highest BCUT2D eigenvalue weighted by molar-refractivity contribution is 5.95. The molecular formula is C19H25N3O5. The molecule has 0 fully saturated rings. The molecule has 2 rings (SSSR count). The summed E-state index contributed by atoms with van der Waals surface area (Å²) in [5.74, 6) is -0.213. The van der Waals surface area contributed by atoms with Crippen LogP contribution in [-0.4, -0.2) is 62.2 Å². The first kappa shape index (κ1) is 20.6. The Bertz CT molecular complexity index is 759. The summed E-state index contributed by atoms with van der Waals surface area (Å²) in [6.45, 7) is 3.57. The van der Waals surface area contributed by atoms with Crippen molar-refractivity contribution in [2.24, 2.45) is 0 Å². The first-order valence-electron chi connectivity index (χ1n) is 8.62. The van der Waals surface area contributed by atoms with Gasteiger partial charge in [0.25, 0.3) is 11.8 Å². The van der Waals surface area contributed by atoms with Crippen molar-refractivity contribution in [1.82, 2.24) is 15.2 Å². The molecule has 2 aromatic rings. The number of methoxy groups -OCH3 is 2. The van der Waals surface area contributed by atoms with Crippen molar-refractivity contribution >= 4 is 11.8 Å². The van der Waals surface area contributed by atoms with Crippen molar-refractivity contribution in [2.45, 2.75) is 13.5 Å². The Kier molecular flexibility index (Phi) is 7.97. The molecule has 1 aromatic carbocycles. The molecule has 8 heteroatoms. The monoisotopic (exact) mass is 375 g/mol. The van der Waals surface area contributed by atoms with Crippen LogP contribution in [0.4, 0.5) is 0 Å². The molecule has 8 nitrogen and oxygen atoms in total. The number of hydrogen-bond donors (Lipinski definition) is 1. The number of ether oxygens (including phenoxy) is 2. The minimum Gasteiger partial charge on any atom is -0.446 e. The highest BCUT2D eigenvalue weighted by Crippen LogP contribution is 2.14. The van der Waals surface area contributed by atoms with E-state index in [1.54, 1.807) is 25.2 Å². The average Bonchev–Trinajstić information content (AvgIpc) is 3.14. The summed E-state index contributed by atoms with van der Waals surface area (Å²) in [6.07, 6.45) is 1.28. The van der Waals surface area contributed by atoms with Crippen LogP contribution in [0.5, 0.6) is 0 Å². The molecule has 146 valence electrons. The number of aromatic nitrogens is 1. The molecule has 0 bridgehead atoms. The minimum absolute atomic E-state index is 0.141. The van der Waals surface area contributed by atoms with E-state index in [1.807, 2.05) is 25.1 Å². The molecule has 27 heavy (non-hydrogen) atoms. The van der Waals surface area contributed by atoms with Crippen molar-refractivity contribution in [3.63, 3.8) is 0 Å². The fourth-order valence-electron chi connectivity index (χ4n) is 2.45. The molecule has 2 amide bonds. The molecule has 1 heterocycles. The number of amides is 2. The van der Waals surface area contributed by atoms with E-state index in [9.17, 15) is 9.59 Å². The Balaban J connectivity index is 2.09. The van der Waals surface area contributed by atoms with Crippen molar-refractivity contribution in [3.05, 3.63) is 53.2 Å². The van der Waals surface area contributed by atoms with Gasteiger partial charge in [-0.3, -0.25) is 9.59 Å². The number of nitrogens with one attached hydrogen (secondary N) is 1. The van der Waals surface area contributed by atoms with Crippen LogP contribution in [0.2, 0.25) is 0 Å². The maximum absolute atomic E-state index is 12.9. The van der Waals surface area contributed by atoms with Crippen molar-refractivity contribution in [1.29, 1.82) is 0 Å². The molecule has 0 aliphatic rings. The Morgan fingerprint density at radius 2 is 1.93 bits per heavy atom. The second-order valence-electron chi connectivity index (χ2n) is 5.91. The third-order valence-electron chi connectivity index (χ3n) is 3.93. The van der Waals surface area contributed by atoms with E-state index in [2.05, 4.69) is 10.3 Å². The van der Waals surface area contributed by atoms with E-state index in [4.69, 9.17) is 13.9 Å². The Hall–Kier alpha value is -2.71. The fraction of sp³-hybridized carbons (Fsp3) is 0.421. The topological polar surface area (TPSA) is 93.9 Å². The molecule has 0 saturated carbocycles. The summed E-state index contributed by atoms with van der Waals surface area (Å²) in [7, 11) is 3.13. The summed E-state index contributed by atoms with van der Waals surface area (Å²) in [5, 5.41) is 2.67. The first-order chi connectivity index (χ1) is 13.1. The number of rotatable bonds is 10. The SMILES string of the molecule is COCCNC(=O)c1coc(CN(CCOC)C(=O)c2ccccc2C)n1. The summed E-state index contributed by atoms with van der Waals surface area (Å²) in [5.41, 5.74) is 1.66. The van der Waals surface area contributed by atoms with Crippen molar-refractivity contribution < 1.29 is 23.5 Å². The highest BCUT2D eigenvalue weighted by Gasteiger charge is 2.20. The predicted octanol–water partition coefficient (Wildman–Crippen LogP) is 1.65. The van der Waals surface area contributed by atoms with Gasteiger partial charge in [-0.1, -0.05) is 18.2 Å². The second-order valence-corrected chi connectivity index (χ2v) is 5.91. The van der Waals surface area contributed by atoms with Crippen LogP contribution in [-0.2, 0) is 16.0 Å². The molecule has 0 radical (unpaired) electrons. The van der Waals surface area contributed by atoms with E-state index >= 15 is 0 Å². The van der Waals surface area contributed by atoms with Crippen LogP contribution in [0, 0.1) is 6.92 Å². The zero-order chi connectivity index (χ0) is 19.6. The molecule has 0 atom stereocenters. The van der Waals surface area contributed by atoms with Crippen LogP contribution in [0.25, 0.3) is 0 Å².